The monoisotopic (exact) mass is 188 g/mol. The Bertz CT molecular complexity index is 75.5. The van der Waals surface area contributed by atoms with Gasteiger partial charge in [-0.25, -0.2) is 9.59 Å². The number of halogens is 2. The van der Waals surface area contributed by atoms with Crippen LogP contribution in [-0.2, 0) is 0 Å². The van der Waals surface area contributed by atoms with E-state index in [4.69, 9.17) is 19.8 Å². The van der Waals surface area contributed by atoms with Crippen molar-refractivity contribution in [3.63, 3.8) is 0 Å². The molecule has 0 saturated carbocycles. The van der Waals surface area contributed by atoms with Crippen LogP contribution < -0.4 is 0 Å². The Morgan fingerprint density at radius 2 is 0.833 bits per heavy atom. The van der Waals surface area contributed by atoms with Crippen molar-refractivity contribution >= 4 is 12.4 Å². The zero-order chi connectivity index (χ0) is 11.2. The molecule has 2 N–H and O–H groups in total. The second-order valence-electron chi connectivity index (χ2n) is 0.506. The molecule has 0 rings (SSSR count). The van der Waals surface area contributed by atoms with E-state index in [1.54, 1.807) is 0 Å². The summed E-state index contributed by atoms with van der Waals surface area (Å²) in [5.41, 5.74) is 0. The molecule has 0 spiro atoms. The summed E-state index contributed by atoms with van der Waals surface area (Å²) in [4.78, 5) is 16.7. The highest BCUT2D eigenvalue weighted by Crippen LogP contribution is 1.58. The molecule has 0 saturated heterocycles. The van der Waals surface area contributed by atoms with Crippen molar-refractivity contribution in [2.75, 3.05) is 0 Å². The zero-order valence-electron chi connectivity index (χ0n) is 7.47. The third-order valence-electron chi connectivity index (χ3n) is 0. The highest BCUT2D eigenvalue weighted by molar-refractivity contribution is 5.54. The van der Waals surface area contributed by atoms with Gasteiger partial charge in [-0.2, -0.15) is 0 Å². The number of rotatable bonds is 0. The molecule has 0 amide bonds. The third-order valence-corrected chi connectivity index (χ3v) is 0. The average molecular weight is 188 g/mol. The summed E-state index contributed by atoms with van der Waals surface area (Å²) in [6, 6.07) is 0. The van der Waals surface area contributed by atoms with Gasteiger partial charge >= 0.3 is 12.4 Å². The van der Waals surface area contributed by atoms with Gasteiger partial charge in [-0.1, -0.05) is 27.7 Å². The topological polar surface area (TPSA) is 74.6 Å². The first-order valence-electron chi connectivity index (χ1n) is 3.23. The van der Waals surface area contributed by atoms with Crippen LogP contribution in [0.1, 0.15) is 27.7 Å². The van der Waals surface area contributed by atoms with Crippen LogP contribution in [0.25, 0.3) is 0 Å². The van der Waals surface area contributed by atoms with Crippen LogP contribution in [0, 0.1) is 0 Å². The van der Waals surface area contributed by atoms with E-state index in [0.717, 1.165) is 0 Å². The van der Waals surface area contributed by atoms with E-state index in [-0.39, 0.29) is 0 Å². The Hall–Kier alpha value is -1.20. The van der Waals surface area contributed by atoms with E-state index in [1.807, 2.05) is 27.7 Å². The van der Waals surface area contributed by atoms with Gasteiger partial charge < -0.3 is 10.2 Å². The first-order chi connectivity index (χ1) is 5.46. The normalized spacial score (nSPS) is 5.17. The number of carbonyl (C=O) groups is 2. The van der Waals surface area contributed by atoms with Gasteiger partial charge in [0.1, 0.15) is 0 Å². The molecule has 0 aliphatic rings. The van der Waals surface area contributed by atoms with Gasteiger partial charge in [-0.05, 0) is 0 Å². The predicted molar refractivity (Wildman–Crippen MR) is 41.0 cm³/mol. The van der Waals surface area contributed by atoms with Crippen molar-refractivity contribution in [3.05, 3.63) is 0 Å². The molecular formula is C6H14F2O4. The lowest BCUT2D eigenvalue weighted by atomic mass is 11.0. The fraction of sp³-hybridized carbons (Fsp3) is 0.667. The van der Waals surface area contributed by atoms with Crippen molar-refractivity contribution in [1.82, 2.24) is 0 Å². The molecule has 0 fully saturated rings. The van der Waals surface area contributed by atoms with Crippen LogP contribution in [0.4, 0.5) is 18.4 Å². The summed E-state index contributed by atoms with van der Waals surface area (Å²) in [7, 11) is 0. The molecule has 0 aromatic carbocycles. The molecule has 0 aromatic heterocycles. The van der Waals surface area contributed by atoms with Crippen molar-refractivity contribution in [2.45, 2.75) is 27.7 Å². The molecule has 0 radical (unpaired) electrons. The van der Waals surface area contributed by atoms with E-state index < -0.39 is 12.4 Å². The lowest BCUT2D eigenvalue weighted by Crippen LogP contribution is -1.69. The van der Waals surface area contributed by atoms with Crippen LogP contribution in [0.15, 0.2) is 0 Å². The van der Waals surface area contributed by atoms with Gasteiger partial charge in [0.2, 0.25) is 0 Å². The Kier molecular flexibility index (Phi) is 61.6. The minimum absolute atomic E-state index is 2.00. The molecule has 6 heteroatoms. The molecular weight excluding hydrogens is 174 g/mol. The number of carboxylic acid groups (broad SMARTS) is 2. The molecule has 0 heterocycles. The highest BCUT2D eigenvalue weighted by Gasteiger charge is 1.74. The van der Waals surface area contributed by atoms with E-state index in [9.17, 15) is 8.78 Å². The Morgan fingerprint density at radius 3 is 0.833 bits per heavy atom. The lowest BCUT2D eigenvalue weighted by Gasteiger charge is -1.53. The molecule has 0 aliphatic heterocycles. The smallest absolute Gasteiger partial charge is 0.456 e. The zero-order valence-corrected chi connectivity index (χ0v) is 7.47. The van der Waals surface area contributed by atoms with E-state index in [1.165, 1.54) is 0 Å². The van der Waals surface area contributed by atoms with E-state index in [2.05, 4.69) is 0 Å². The maximum absolute atomic E-state index is 9.92. The summed E-state index contributed by atoms with van der Waals surface area (Å²) >= 11 is 0. The van der Waals surface area contributed by atoms with E-state index in [0.29, 0.717) is 0 Å². The van der Waals surface area contributed by atoms with Gasteiger partial charge in [0, 0.05) is 0 Å². The maximum Gasteiger partial charge on any atom is 0.492 e. The molecule has 0 atom stereocenters. The summed E-state index contributed by atoms with van der Waals surface area (Å²) in [6.45, 7) is 8.00. The number of hydrogen-bond donors (Lipinski definition) is 2. The third kappa shape index (κ3) is 372. The summed E-state index contributed by atoms with van der Waals surface area (Å²) < 4.78 is 19.8. The first-order valence-corrected chi connectivity index (χ1v) is 3.23. The molecule has 4 nitrogen and oxygen atoms in total. The second-order valence-corrected chi connectivity index (χ2v) is 0.506. The number of hydrogen-bond acceptors (Lipinski definition) is 2. The van der Waals surface area contributed by atoms with Gasteiger partial charge in [-0.15, -0.1) is 8.78 Å². The maximum atomic E-state index is 9.92. The molecule has 0 unspecified atom stereocenters. The summed E-state index contributed by atoms with van der Waals surface area (Å²) in [5.74, 6) is 0. The Labute approximate surface area is 69.8 Å². The Balaban J connectivity index is -0.0000000380. The van der Waals surface area contributed by atoms with Crippen LogP contribution >= 0.6 is 0 Å². The van der Waals surface area contributed by atoms with Gasteiger partial charge in [0.25, 0.3) is 0 Å². The van der Waals surface area contributed by atoms with Crippen LogP contribution in [0.3, 0.4) is 0 Å². The SMILES string of the molecule is CC.CC.O=C(O)F.O=C(O)F. The quantitative estimate of drug-likeness (QED) is 0.572. The molecule has 0 aromatic rings. The largest absolute Gasteiger partial charge is 0.492 e. The Morgan fingerprint density at radius 1 is 0.833 bits per heavy atom. The predicted octanol–water partition coefficient (Wildman–Crippen LogP) is 3.32. The minimum atomic E-state index is -2.33. The standard InChI is InChI=1S/2C2H6.2CHFO2/c2*1-2;2*2-1(3)4/h2*1-2H3;2*(H,3,4). The molecule has 12 heavy (non-hydrogen) atoms. The van der Waals surface area contributed by atoms with Crippen molar-refractivity contribution < 1.29 is 28.6 Å². The minimum Gasteiger partial charge on any atom is -0.456 e. The second kappa shape index (κ2) is 32.9. The van der Waals surface area contributed by atoms with Gasteiger partial charge in [0.15, 0.2) is 0 Å². The first kappa shape index (κ1) is 22.4. The molecule has 0 bridgehead atoms. The van der Waals surface area contributed by atoms with Crippen molar-refractivity contribution in [3.8, 4) is 0 Å². The van der Waals surface area contributed by atoms with Crippen molar-refractivity contribution in [1.29, 1.82) is 0 Å². The average Bonchev–Trinajstić information content (AvgIpc) is 1.93. The fourth-order valence-corrected chi connectivity index (χ4v) is 0. The van der Waals surface area contributed by atoms with Gasteiger partial charge in [0.05, 0.1) is 0 Å². The molecule has 76 valence electrons. The highest BCUT2D eigenvalue weighted by atomic mass is 19.1. The summed E-state index contributed by atoms with van der Waals surface area (Å²) in [6.07, 6.45) is -4.67. The van der Waals surface area contributed by atoms with E-state index >= 15 is 0 Å². The van der Waals surface area contributed by atoms with Crippen LogP contribution in [-0.4, -0.2) is 22.7 Å². The van der Waals surface area contributed by atoms with Gasteiger partial charge in [-0.3, -0.25) is 0 Å². The van der Waals surface area contributed by atoms with Crippen LogP contribution in [0.5, 0.6) is 0 Å². The fourth-order valence-electron chi connectivity index (χ4n) is 0. The summed E-state index contributed by atoms with van der Waals surface area (Å²) in [5, 5.41) is 13.5. The lowest BCUT2D eigenvalue weighted by molar-refractivity contribution is 0.167. The van der Waals surface area contributed by atoms with Crippen molar-refractivity contribution in [2.24, 2.45) is 0 Å². The van der Waals surface area contributed by atoms with Crippen LogP contribution in [0.2, 0.25) is 0 Å². The molecule has 0 aliphatic carbocycles.